The number of nitrogens with zero attached hydrogens (tertiary/aromatic N) is 1. The first kappa shape index (κ1) is 17.3. The second-order valence-electron chi connectivity index (χ2n) is 5.35. The van der Waals surface area contributed by atoms with Crippen molar-refractivity contribution in [3.05, 3.63) is 66.7 Å². The molecule has 0 aliphatic carbocycles. The lowest BCUT2D eigenvalue weighted by molar-refractivity contribution is -0.111. The lowest BCUT2D eigenvalue weighted by Gasteiger charge is -2.09. The molecule has 1 N–H and O–H groups in total. The van der Waals surface area contributed by atoms with Gasteiger partial charge in [0.1, 0.15) is 11.5 Å². The van der Waals surface area contributed by atoms with Crippen LogP contribution in [0.15, 0.2) is 65.5 Å². The van der Waals surface area contributed by atoms with E-state index >= 15 is 0 Å². The number of ether oxygens (including phenoxy) is 2. The van der Waals surface area contributed by atoms with Crippen LogP contribution >= 0.6 is 0 Å². The van der Waals surface area contributed by atoms with Gasteiger partial charge in [-0.05, 0) is 24.3 Å². The molecule has 3 aromatic rings. The summed E-state index contributed by atoms with van der Waals surface area (Å²) in [6.07, 6.45) is 6.11. The first-order valence-electron chi connectivity index (χ1n) is 7.90. The predicted octanol–water partition coefficient (Wildman–Crippen LogP) is 4.01. The first-order valence-corrected chi connectivity index (χ1v) is 7.90. The fourth-order valence-corrected chi connectivity index (χ4v) is 2.47. The van der Waals surface area contributed by atoms with E-state index < -0.39 is 0 Å². The number of para-hydroxylation sites is 1. The SMILES string of the molecule is COc1ccccc1/C=C\C(=O)Nc1ccc(-c2cnco2)c(OC)c1. The number of amides is 1. The number of benzene rings is 2. The smallest absolute Gasteiger partial charge is 0.248 e. The molecule has 1 aromatic heterocycles. The number of nitrogens with one attached hydrogen (secondary N) is 1. The summed E-state index contributed by atoms with van der Waals surface area (Å²) in [4.78, 5) is 16.1. The molecule has 3 rings (SSSR count). The van der Waals surface area contributed by atoms with Crippen molar-refractivity contribution < 1.29 is 18.7 Å². The Balaban J connectivity index is 1.74. The van der Waals surface area contributed by atoms with Crippen LogP contribution in [0.25, 0.3) is 17.4 Å². The number of carbonyl (C=O) groups excluding carboxylic acids is 1. The van der Waals surface area contributed by atoms with Crippen molar-refractivity contribution in [2.45, 2.75) is 0 Å². The van der Waals surface area contributed by atoms with E-state index in [4.69, 9.17) is 13.9 Å². The summed E-state index contributed by atoms with van der Waals surface area (Å²) in [7, 11) is 3.15. The van der Waals surface area contributed by atoms with Crippen LogP contribution in [0.5, 0.6) is 11.5 Å². The molecule has 0 bridgehead atoms. The van der Waals surface area contributed by atoms with Crippen molar-refractivity contribution in [3.63, 3.8) is 0 Å². The molecule has 0 spiro atoms. The summed E-state index contributed by atoms with van der Waals surface area (Å²) < 4.78 is 15.9. The van der Waals surface area contributed by atoms with Gasteiger partial charge in [-0.25, -0.2) is 4.98 Å². The molecule has 0 saturated carbocycles. The van der Waals surface area contributed by atoms with E-state index in [0.717, 1.165) is 11.1 Å². The number of aromatic nitrogens is 1. The van der Waals surface area contributed by atoms with Crippen molar-refractivity contribution >= 4 is 17.7 Å². The fraction of sp³-hybridized carbons (Fsp3) is 0.100. The Morgan fingerprint density at radius 3 is 2.65 bits per heavy atom. The topological polar surface area (TPSA) is 73.6 Å². The average molecular weight is 350 g/mol. The maximum atomic E-state index is 12.2. The zero-order valence-electron chi connectivity index (χ0n) is 14.4. The molecule has 0 radical (unpaired) electrons. The Hall–Kier alpha value is -3.54. The Morgan fingerprint density at radius 1 is 1.12 bits per heavy atom. The molecular weight excluding hydrogens is 332 g/mol. The van der Waals surface area contributed by atoms with E-state index in [-0.39, 0.29) is 5.91 Å². The lowest BCUT2D eigenvalue weighted by Crippen LogP contribution is -2.08. The highest BCUT2D eigenvalue weighted by Crippen LogP contribution is 2.32. The minimum absolute atomic E-state index is 0.259. The number of hydrogen-bond donors (Lipinski definition) is 1. The van der Waals surface area contributed by atoms with Crippen LogP contribution in [0.1, 0.15) is 5.56 Å². The van der Waals surface area contributed by atoms with Crippen LogP contribution in [-0.4, -0.2) is 25.1 Å². The van der Waals surface area contributed by atoms with Crippen molar-refractivity contribution in [2.75, 3.05) is 19.5 Å². The molecule has 1 amide bonds. The molecule has 26 heavy (non-hydrogen) atoms. The monoisotopic (exact) mass is 350 g/mol. The van der Waals surface area contributed by atoms with Gasteiger partial charge in [-0.15, -0.1) is 0 Å². The summed E-state index contributed by atoms with van der Waals surface area (Å²) in [6.45, 7) is 0. The predicted molar refractivity (Wildman–Crippen MR) is 99.1 cm³/mol. The van der Waals surface area contributed by atoms with E-state index in [2.05, 4.69) is 10.3 Å². The number of rotatable bonds is 6. The molecule has 1 heterocycles. The summed E-state index contributed by atoms with van der Waals surface area (Å²) in [6, 6.07) is 12.8. The molecule has 6 heteroatoms. The van der Waals surface area contributed by atoms with Gasteiger partial charge in [0.15, 0.2) is 12.2 Å². The van der Waals surface area contributed by atoms with E-state index in [9.17, 15) is 4.79 Å². The van der Waals surface area contributed by atoms with Gasteiger partial charge in [0.05, 0.1) is 26.0 Å². The van der Waals surface area contributed by atoms with Gasteiger partial charge in [-0.2, -0.15) is 0 Å². The van der Waals surface area contributed by atoms with Gasteiger partial charge < -0.3 is 19.2 Å². The van der Waals surface area contributed by atoms with Crippen molar-refractivity contribution in [1.29, 1.82) is 0 Å². The van der Waals surface area contributed by atoms with E-state index in [1.807, 2.05) is 24.3 Å². The second-order valence-corrected chi connectivity index (χ2v) is 5.35. The van der Waals surface area contributed by atoms with Crippen LogP contribution in [0, 0.1) is 0 Å². The van der Waals surface area contributed by atoms with Crippen LogP contribution in [0.2, 0.25) is 0 Å². The quantitative estimate of drug-likeness (QED) is 0.680. The molecule has 0 unspecified atom stereocenters. The fourth-order valence-electron chi connectivity index (χ4n) is 2.47. The third kappa shape index (κ3) is 3.92. The summed E-state index contributed by atoms with van der Waals surface area (Å²) >= 11 is 0. The lowest BCUT2D eigenvalue weighted by atomic mass is 10.1. The van der Waals surface area contributed by atoms with Crippen LogP contribution < -0.4 is 14.8 Å². The highest BCUT2D eigenvalue weighted by Gasteiger charge is 2.10. The zero-order valence-corrected chi connectivity index (χ0v) is 14.4. The Labute approximate surface area is 151 Å². The van der Waals surface area contributed by atoms with Crippen LogP contribution in [-0.2, 0) is 4.79 Å². The van der Waals surface area contributed by atoms with Gasteiger partial charge in [0.2, 0.25) is 5.91 Å². The number of methoxy groups -OCH3 is 2. The molecular formula is C20H18N2O4. The molecule has 132 valence electrons. The molecule has 0 aliphatic heterocycles. The number of oxazole rings is 1. The standard InChI is InChI=1S/C20H18N2O4/c1-24-17-6-4-3-5-14(17)7-10-20(23)22-15-8-9-16(18(11-15)25-2)19-12-21-13-26-19/h3-13H,1-2H3,(H,22,23)/b10-7-. The van der Waals surface area contributed by atoms with Gasteiger partial charge >= 0.3 is 0 Å². The molecule has 2 aromatic carbocycles. The van der Waals surface area contributed by atoms with Crippen molar-refractivity contribution in [2.24, 2.45) is 0 Å². The minimum Gasteiger partial charge on any atom is -0.496 e. The number of anilines is 1. The van der Waals surface area contributed by atoms with Crippen LogP contribution in [0.3, 0.4) is 0 Å². The third-order valence-electron chi connectivity index (χ3n) is 3.72. The van der Waals surface area contributed by atoms with Gasteiger partial charge in [0, 0.05) is 23.4 Å². The van der Waals surface area contributed by atoms with Crippen molar-refractivity contribution in [3.8, 4) is 22.8 Å². The summed E-state index contributed by atoms with van der Waals surface area (Å²) in [5, 5.41) is 2.80. The number of hydrogen-bond acceptors (Lipinski definition) is 5. The summed E-state index contributed by atoms with van der Waals surface area (Å²) in [5.74, 6) is 1.61. The highest BCUT2D eigenvalue weighted by atomic mass is 16.5. The molecule has 0 fully saturated rings. The molecule has 0 atom stereocenters. The van der Waals surface area contributed by atoms with Gasteiger partial charge in [-0.3, -0.25) is 4.79 Å². The molecule has 0 saturated heterocycles. The molecule has 0 aliphatic rings. The van der Waals surface area contributed by atoms with E-state index in [1.165, 1.54) is 12.5 Å². The first-order chi connectivity index (χ1) is 12.7. The maximum Gasteiger partial charge on any atom is 0.248 e. The number of carbonyl (C=O) groups is 1. The Kier molecular flexibility index (Phi) is 5.34. The van der Waals surface area contributed by atoms with Gasteiger partial charge in [0.25, 0.3) is 0 Å². The second kappa shape index (κ2) is 8.02. The van der Waals surface area contributed by atoms with E-state index in [0.29, 0.717) is 22.9 Å². The van der Waals surface area contributed by atoms with E-state index in [1.54, 1.807) is 44.7 Å². The van der Waals surface area contributed by atoms with Crippen molar-refractivity contribution in [1.82, 2.24) is 4.98 Å². The highest BCUT2D eigenvalue weighted by molar-refractivity contribution is 6.02. The molecule has 6 nitrogen and oxygen atoms in total. The zero-order chi connectivity index (χ0) is 18.4. The van der Waals surface area contributed by atoms with Crippen LogP contribution in [0.4, 0.5) is 5.69 Å². The summed E-state index contributed by atoms with van der Waals surface area (Å²) in [5.41, 5.74) is 2.19. The Bertz CT molecular complexity index is 917. The largest absolute Gasteiger partial charge is 0.496 e. The minimum atomic E-state index is -0.259. The Morgan fingerprint density at radius 2 is 1.92 bits per heavy atom. The average Bonchev–Trinajstić information content (AvgIpc) is 3.21. The van der Waals surface area contributed by atoms with Gasteiger partial charge in [-0.1, -0.05) is 18.2 Å². The normalized spacial score (nSPS) is 10.7. The maximum absolute atomic E-state index is 12.2. The third-order valence-corrected chi connectivity index (χ3v) is 3.72.